The Bertz CT molecular complexity index is 197. The molecular formula is C10H20N2O2. The standard InChI is InChI=1S/C10H20N2O2/c1-8(14-3)7-12-6-4-5-11-9(2)10(12)13/h8-9,11H,4-7H2,1-3H3. The van der Waals surface area contributed by atoms with Gasteiger partial charge in [-0.1, -0.05) is 0 Å². The van der Waals surface area contributed by atoms with Crippen molar-refractivity contribution in [3.8, 4) is 0 Å². The molecule has 4 heteroatoms. The summed E-state index contributed by atoms with van der Waals surface area (Å²) < 4.78 is 5.16. The first-order chi connectivity index (χ1) is 6.65. The summed E-state index contributed by atoms with van der Waals surface area (Å²) >= 11 is 0. The summed E-state index contributed by atoms with van der Waals surface area (Å²) in [4.78, 5) is 13.7. The molecule has 1 amide bonds. The van der Waals surface area contributed by atoms with Crippen LogP contribution in [0.1, 0.15) is 20.3 Å². The third kappa shape index (κ3) is 2.96. The summed E-state index contributed by atoms with van der Waals surface area (Å²) in [6, 6.07) is -0.0541. The second-order valence-electron chi connectivity index (χ2n) is 3.86. The molecule has 1 rings (SSSR count). The number of carbonyl (C=O) groups is 1. The third-order valence-electron chi connectivity index (χ3n) is 2.62. The van der Waals surface area contributed by atoms with Gasteiger partial charge in [0.05, 0.1) is 12.1 Å². The Morgan fingerprint density at radius 3 is 3.07 bits per heavy atom. The lowest BCUT2D eigenvalue weighted by Crippen LogP contribution is -2.44. The first kappa shape index (κ1) is 11.5. The van der Waals surface area contributed by atoms with Gasteiger partial charge in [-0.05, 0) is 26.8 Å². The minimum Gasteiger partial charge on any atom is -0.380 e. The van der Waals surface area contributed by atoms with E-state index >= 15 is 0 Å². The minimum absolute atomic E-state index is 0.0541. The van der Waals surface area contributed by atoms with Crippen LogP contribution in [0.5, 0.6) is 0 Å². The van der Waals surface area contributed by atoms with Gasteiger partial charge in [-0.3, -0.25) is 4.79 Å². The summed E-state index contributed by atoms with van der Waals surface area (Å²) in [5, 5.41) is 3.18. The fourth-order valence-electron chi connectivity index (χ4n) is 1.63. The van der Waals surface area contributed by atoms with Gasteiger partial charge < -0.3 is 15.0 Å². The lowest BCUT2D eigenvalue weighted by atomic mass is 10.2. The highest BCUT2D eigenvalue weighted by Gasteiger charge is 2.23. The zero-order valence-corrected chi connectivity index (χ0v) is 9.25. The topological polar surface area (TPSA) is 41.6 Å². The summed E-state index contributed by atoms with van der Waals surface area (Å²) in [6.07, 6.45) is 1.14. The van der Waals surface area contributed by atoms with Gasteiger partial charge in [0.25, 0.3) is 0 Å². The number of nitrogens with zero attached hydrogens (tertiary/aromatic N) is 1. The Balaban J connectivity index is 2.52. The molecule has 0 aromatic heterocycles. The van der Waals surface area contributed by atoms with E-state index in [2.05, 4.69) is 5.32 Å². The Labute approximate surface area is 85.6 Å². The molecule has 1 saturated heterocycles. The van der Waals surface area contributed by atoms with E-state index in [-0.39, 0.29) is 18.1 Å². The summed E-state index contributed by atoms with van der Waals surface area (Å²) in [5.41, 5.74) is 0. The highest BCUT2D eigenvalue weighted by molar-refractivity contribution is 5.81. The van der Waals surface area contributed by atoms with E-state index in [4.69, 9.17) is 4.74 Å². The molecule has 0 aliphatic carbocycles. The molecule has 0 spiro atoms. The molecule has 0 radical (unpaired) electrons. The fraction of sp³-hybridized carbons (Fsp3) is 0.900. The zero-order valence-electron chi connectivity index (χ0n) is 9.25. The Hall–Kier alpha value is -0.610. The predicted octanol–water partition coefficient (Wildman–Crippen LogP) is 0.232. The van der Waals surface area contributed by atoms with Crippen molar-refractivity contribution in [2.45, 2.75) is 32.4 Å². The van der Waals surface area contributed by atoms with Crippen molar-refractivity contribution in [3.63, 3.8) is 0 Å². The van der Waals surface area contributed by atoms with E-state index in [0.717, 1.165) is 19.5 Å². The molecule has 0 aromatic carbocycles. The first-order valence-electron chi connectivity index (χ1n) is 5.20. The summed E-state index contributed by atoms with van der Waals surface area (Å²) in [5.74, 6) is 0.186. The molecule has 0 saturated carbocycles. The van der Waals surface area contributed by atoms with Crippen LogP contribution in [0.3, 0.4) is 0 Å². The Kier molecular flexibility index (Phi) is 4.35. The fourth-order valence-corrected chi connectivity index (χ4v) is 1.63. The van der Waals surface area contributed by atoms with Crippen molar-refractivity contribution in [2.24, 2.45) is 0 Å². The van der Waals surface area contributed by atoms with Crippen LogP contribution in [0, 0.1) is 0 Å². The molecule has 0 bridgehead atoms. The van der Waals surface area contributed by atoms with Crippen molar-refractivity contribution < 1.29 is 9.53 Å². The molecule has 0 aromatic rings. The monoisotopic (exact) mass is 200 g/mol. The van der Waals surface area contributed by atoms with Gasteiger partial charge in [0.2, 0.25) is 5.91 Å². The minimum atomic E-state index is -0.0541. The van der Waals surface area contributed by atoms with Crippen molar-refractivity contribution in [1.82, 2.24) is 10.2 Å². The zero-order chi connectivity index (χ0) is 10.6. The molecule has 2 unspecified atom stereocenters. The SMILES string of the molecule is COC(C)CN1CCCNC(C)C1=O. The molecule has 14 heavy (non-hydrogen) atoms. The molecular weight excluding hydrogens is 180 g/mol. The van der Waals surface area contributed by atoms with Crippen molar-refractivity contribution in [2.75, 3.05) is 26.7 Å². The van der Waals surface area contributed by atoms with Crippen LogP contribution in [-0.2, 0) is 9.53 Å². The van der Waals surface area contributed by atoms with Gasteiger partial charge in [-0.25, -0.2) is 0 Å². The highest BCUT2D eigenvalue weighted by atomic mass is 16.5. The molecule has 1 fully saturated rings. The summed E-state index contributed by atoms with van der Waals surface area (Å²) in [7, 11) is 1.68. The van der Waals surface area contributed by atoms with E-state index in [9.17, 15) is 4.79 Å². The first-order valence-corrected chi connectivity index (χ1v) is 5.20. The quantitative estimate of drug-likeness (QED) is 0.709. The second-order valence-corrected chi connectivity index (χ2v) is 3.86. The van der Waals surface area contributed by atoms with Crippen molar-refractivity contribution in [3.05, 3.63) is 0 Å². The lowest BCUT2D eigenvalue weighted by Gasteiger charge is -2.25. The normalized spacial score (nSPS) is 26.1. The molecule has 82 valence electrons. The van der Waals surface area contributed by atoms with Gasteiger partial charge in [0.1, 0.15) is 0 Å². The van der Waals surface area contributed by atoms with Gasteiger partial charge in [0.15, 0.2) is 0 Å². The van der Waals surface area contributed by atoms with E-state index in [1.807, 2.05) is 18.7 Å². The van der Waals surface area contributed by atoms with Crippen LogP contribution in [0.2, 0.25) is 0 Å². The third-order valence-corrected chi connectivity index (χ3v) is 2.62. The molecule has 2 atom stereocenters. The van der Waals surface area contributed by atoms with Crippen LogP contribution in [0.25, 0.3) is 0 Å². The number of nitrogens with one attached hydrogen (secondary N) is 1. The highest BCUT2D eigenvalue weighted by Crippen LogP contribution is 2.04. The molecule has 1 aliphatic heterocycles. The number of rotatable bonds is 3. The Morgan fingerprint density at radius 1 is 1.71 bits per heavy atom. The van der Waals surface area contributed by atoms with Gasteiger partial charge in [-0.2, -0.15) is 0 Å². The predicted molar refractivity (Wildman–Crippen MR) is 55.1 cm³/mol. The van der Waals surface area contributed by atoms with Crippen LogP contribution in [0.4, 0.5) is 0 Å². The second kappa shape index (κ2) is 5.32. The van der Waals surface area contributed by atoms with E-state index in [1.54, 1.807) is 7.11 Å². The van der Waals surface area contributed by atoms with Crippen molar-refractivity contribution in [1.29, 1.82) is 0 Å². The van der Waals surface area contributed by atoms with Gasteiger partial charge in [0, 0.05) is 20.2 Å². The molecule has 4 nitrogen and oxygen atoms in total. The van der Waals surface area contributed by atoms with Crippen molar-refractivity contribution >= 4 is 5.91 Å². The maximum atomic E-state index is 11.8. The van der Waals surface area contributed by atoms with Crippen LogP contribution in [-0.4, -0.2) is 49.7 Å². The number of hydrogen-bond acceptors (Lipinski definition) is 3. The number of ether oxygens (including phenoxy) is 1. The largest absolute Gasteiger partial charge is 0.380 e. The van der Waals surface area contributed by atoms with Crippen LogP contribution < -0.4 is 5.32 Å². The number of carbonyl (C=O) groups excluding carboxylic acids is 1. The summed E-state index contributed by atoms with van der Waals surface area (Å²) in [6.45, 7) is 6.35. The molecule has 1 aliphatic rings. The number of methoxy groups -OCH3 is 1. The lowest BCUT2D eigenvalue weighted by molar-refractivity contribution is -0.133. The number of hydrogen-bond donors (Lipinski definition) is 1. The van der Waals surface area contributed by atoms with E-state index < -0.39 is 0 Å². The molecule has 1 heterocycles. The van der Waals surface area contributed by atoms with Gasteiger partial charge >= 0.3 is 0 Å². The maximum absolute atomic E-state index is 11.8. The van der Waals surface area contributed by atoms with E-state index in [1.165, 1.54) is 0 Å². The Morgan fingerprint density at radius 2 is 2.43 bits per heavy atom. The average molecular weight is 200 g/mol. The van der Waals surface area contributed by atoms with E-state index in [0.29, 0.717) is 6.54 Å². The maximum Gasteiger partial charge on any atom is 0.239 e. The van der Waals surface area contributed by atoms with Gasteiger partial charge in [-0.15, -0.1) is 0 Å². The average Bonchev–Trinajstić information content (AvgIpc) is 2.33. The number of amides is 1. The molecule has 1 N–H and O–H groups in total. The van der Waals surface area contributed by atoms with Crippen LogP contribution >= 0.6 is 0 Å². The van der Waals surface area contributed by atoms with Crippen LogP contribution in [0.15, 0.2) is 0 Å². The smallest absolute Gasteiger partial charge is 0.239 e.